The fourth-order valence-corrected chi connectivity index (χ4v) is 2.36. The smallest absolute Gasteiger partial charge is 0.221 e. The summed E-state index contributed by atoms with van der Waals surface area (Å²) in [5.74, 6) is 1.53. The van der Waals surface area contributed by atoms with Gasteiger partial charge in [0.2, 0.25) is 5.91 Å². The first-order valence-electron chi connectivity index (χ1n) is 9.49. The van der Waals surface area contributed by atoms with E-state index < -0.39 is 0 Å². The topological polar surface area (TPSA) is 84.0 Å². The van der Waals surface area contributed by atoms with Gasteiger partial charge in [0.1, 0.15) is 12.4 Å². The lowest BCUT2D eigenvalue weighted by Crippen LogP contribution is -2.40. The van der Waals surface area contributed by atoms with Crippen molar-refractivity contribution in [3.8, 4) is 5.75 Å². The summed E-state index contributed by atoms with van der Waals surface area (Å²) in [5.41, 5.74) is 2.14. The van der Waals surface area contributed by atoms with Crippen LogP contribution in [-0.4, -0.2) is 51.3 Å². The first-order valence-corrected chi connectivity index (χ1v) is 9.49. The van der Waals surface area contributed by atoms with E-state index in [-0.39, 0.29) is 35.9 Å². The average Bonchev–Trinajstić information content (AvgIpc) is 2.60. The highest BCUT2D eigenvalue weighted by Crippen LogP contribution is 2.21. The summed E-state index contributed by atoms with van der Waals surface area (Å²) in [6.07, 6.45) is 0.401. The van der Waals surface area contributed by atoms with Crippen molar-refractivity contribution < 1.29 is 14.3 Å². The van der Waals surface area contributed by atoms with Crippen LogP contribution in [0.5, 0.6) is 5.75 Å². The van der Waals surface area contributed by atoms with E-state index in [1.807, 2.05) is 45.9 Å². The maximum atomic E-state index is 11.7. The highest BCUT2D eigenvalue weighted by molar-refractivity contribution is 14.0. The number of rotatable bonds is 11. The Labute approximate surface area is 186 Å². The zero-order valence-corrected chi connectivity index (χ0v) is 20.0. The number of ether oxygens (including phenoxy) is 2. The molecule has 0 unspecified atom stereocenters. The maximum absolute atomic E-state index is 11.7. The van der Waals surface area contributed by atoms with E-state index in [0.29, 0.717) is 38.7 Å². The number of carbonyl (C=O) groups is 1. The van der Waals surface area contributed by atoms with Crippen molar-refractivity contribution >= 4 is 35.8 Å². The van der Waals surface area contributed by atoms with Gasteiger partial charge in [0.25, 0.3) is 0 Å². The summed E-state index contributed by atoms with van der Waals surface area (Å²) in [6.45, 7) is 10.7. The molecule has 1 aromatic carbocycles. The Morgan fingerprint density at radius 2 is 1.96 bits per heavy atom. The molecule has 0 fully saturated rings. The van der Waals surface area contributed by atoms with Crippen LogP contribution in [-0.2, 0) is 16.1 Å². The summed E-state index contributed by atoms with van der Waals surface area (Å²) in [7, 11) is 1.65. The van der Waals surface area contributed by atoms with Gasteiger partial charge in [-0.25, -0.2) is 4.99 Å². The third-order valence-corrected chi connectivity index (χ3v) is 3.61. The first-order chi connectivity index (χ1) is 13.0. The maximum Gasteiger partial charge on any atom is 0.221 e. The van der Waals surface area contributed by atoms with Gasteiger partial charge < -0.3 is 25.4 Å². The molecule has 3 N–H and O–H groups in total. The molecule has 0 aliphatic carbocycles. The predicted octanol–water partition coefficient (Wildman–Crippen LogP) is 2.61. The minimum atomic E-state index is 0. The Morgan fingerprint density at radius 3 is 2.61 bits per heavy atom. The Morgan fingerprint density at radius 1 is 1.21 bits per heavy atom. The highest BCUT2D eigenvalue weighted by atomic mass is 127. The van der Waals surface area contributed by atoms with Crippen LogP contribution in [0.3, 0.4) is 0 Å². The fraction of sp³-hybridized carbons (Fsp3) is 0.600. The average molecular weight is 506 g/mol. The summed E-state index contributed by atoms with van der Waals surface area (Å²) >= 11 is 0. The summed E-state index contributed by atoms with van der Waals surface area (Å²) in [5, 5.41) is 9.27. The van der Waals surface area contributed by atoms with E-state index in [1.165, 1.54) is 0 Å². The van der Waals surface area contributed by atoms with E-state index in [4.69, 9.17) is 9.47 Å². The molecule has 0 heterocycles. The zero-order valence-electron chi connectivity index (χ0n) is 17.6. The number of methoxy groups -OCH3 is 1. The number of halogens is 1. The lowest BCUT2D eigenvalue weighted by atomic mass is 10.1. The molecule has 0 spiro atoms. The molecule has 0 saturated carbocycles. The van der Waals surface area contributed by atoms with Crippen LogP contribution in [0.25, 0.3) is 0 Å². The van der Waals surface area contributed by atoms with Gasteiger partial charge in [-0.05, 0) is 39.3 Å². The molecule has 0 saturated heterocycles. The Kier molecular flexibility index (Phi) is 14.5. The van der Waals surface area contributed by atoms with Crippen LogP contribution >= 0.6 is 24.0 Å². The van der Waals surface area contributed by atoms with Crippen LogP contribution in [0.4, 0.5) is 0 Å². The molecule has 0 atom stereocenters. The van der Waals surface area contributed by atoms with E-state index in [9.17, 15) is 4.79 Å². The predicted molar refractivity (Wildman–Crippen MR) is 125 cm³/mol. The number of aryl methyl sites for hydroxylation is 1. The molecule has 1 amide bonds. The summed E-state index contributed by atoms with van der Waals surface area (Å²) in [4.78, 5) is 16.3. The minimum Gasteiger partial charge on any atom is -0.491 e. The molecule has 0 aliphatic rings. The molecule has 28 heavy (non-hydrogen) atoms. The van der Waals surface area contributed by atoms with Gasteiger partial charge in [-0.2, -0.15) is 0 Å². The monoisotopic (exact) mass is 506 g/mol. The summed E-state index contributed by atoms with van der Waals surface area (Å²) in [6, 6.07) is 6.24. The van der Waals surface area contributed by atoms with E-state index in [1.54, 1.807) is 7.11 Å². The highest BCUT2D eigenvalue weighted by Gasteiger charge is 2.06. The zero-order chi connectivity index (χ0) is 20.1. The van der Waals surface area contributed by atoms with Gasteiger partial charge in [0.05, 0.1) is 13.2 Å². The number of guanidine groups is 1. The molecule has 160 valence electrons. The standard InChI is InChI=1S/C20H34N4O3.HI/c1-6-21-20(22-10-9-19(25)24-15(2)3)23-14-17-8-7-16(4)13-18(17)27-12-11-26-5;/h7-8,13,15H,6,9-12,14H2,1-5H3,(H,24,25)(H2,21,22,23);1H. The minimum absolute atomic E-state index is 0. The Hall–Kier alpha value is -1.55. The second-order valence-corrected chi connectivity index (χ2v) is 6.55. The Bertz CT molecular complexity index is 609. The van der Waals surface area contributed by atoms with Crippen molar-refractivity contribution in [3.05, 3.63) is 29.3 Å². The van der Waals surface area contributed by atoms with Gasteiger partial charge in [-0.3, -0.25) is 4.79 Å². The van der Waals surface area contributed by atoms with Crippen molar-refractivity contribution in [1.82, 2.24) is 16.0 Å². The van der Waals surface area contributed by atoms with Crippen LogP contribution in [0.15, 0.2) is 23.2 Å². The number of hydrogen-bond acceptors (Lipinski definition) is 4. The number of aliphatic imine (C=N–C) groups is 1. The number of nitrogens with one attached hydrogen (secondary N) is 3. The fourth-order valence-electron chi connectivity index (χ4n) is 2.36. The molecular weight excluding hydrogens is 471 g/mol. The van der Waals surface area contributed by atoms with Gasteiger partial charge >= 0.3 is 0 Å². The van der Waals surface area contributed by atoms with Crippen LogP contribution in [0.2, 0.25) is 0 Å². The second kappa shape index (κ2) is 15.4. The van der Waals surface area contributed by atoms with E-state index >= 15 is 0 Å². The van der Waals surface area contributed by atoms with E-state index in [2.05, 4.69) is 20.9 Å². The van der Waals surface area contributed by atoms with Crippen molar-refractivity contribution in [2.45, 2.75) is 46.7 Å². The lowest BCUT2D eigenvalue weighted by molar-refractivity contribution is -0.121. The number of hydrogen-bond donors (Lipinski definition) is 3. The molecule has 7 nitrogen and oxygen atoms in total. The third kappa shape index (κ3) is 11.3. The largest absolute Gasteiger partial charge is 0.491 e. The molecule has 8 heteroatoms. The molecule has 1 rings (SSSR count). The molecule has 0 aromatic heterocycles. The van der Waals surface area contributed by atoms with Crippen LogP contribution in [0, 0.1) is 6.92 Å². The van der Waals surface area contributed by atoms with Gasteiger partial charge in [0.15, 0.2) is 5.96 Å². The molecule has 0 bridgehead atoms. The van der Waals surface area contributed by atoms with Crippen molar-refractivity contribution in [2.75, 3.05) is 33.4 Å². The number of carbonyl (C=O) groups excluding carboxylic acids is 1. The third-order valence-electron chi connectivity index (χ3n) is 3.61. The normalized spacial score (nSPS) is 11.0. The quantitative estimate of drug-likeness (QED) is 0.186. The summed E-state index contributed by atoms with van der Waals surface area (Å²) < 4.78 is 10.9. The second-order valence-electron chi connectivity index (χ2n) is 6.55. The number of benzene rings is 1. The molecular formula is C20H35IN4O3. The number of nitrogens with zero attached hydrogens (tertiary/aromatic N) is 1. The molecule has 1 aromatic rings. The van der Waals surface area contributed by atoms with Crippen molar-refractivity contribution in [1.29, 1.82) is 0 Å². The lowest BCUT2D eigenvalue weighted by Gasteiger charge is -2.14. The molecule has 0 radical (unpaired) electrons. The number of amides is 1. The van der Waals surface area contributed by atoms with Gasteiger partial charge in [-0.1, -0.05) is 12.1 Å². The van der Waals surface area contributed by atoms with Gasteiger partial charge in [-0.15, -0.1) is 24.0 Å². The van der Waals surface area contributed by atoms with Crippen LogP contribution in [0.1, 0.15) is 38.3 Å². The van der Waals surface area contributed by atoms with Crippen molar-refractivity contribution in [2.24, 2.45) is 4.99 Å². The van der Waals surface area contributed by atoms with Gasteiger partial charge in [0, 0.05) is 38.2 Å². The first kappa shape index (κ1) is 26.4. The SMILES string of the molecule is CCNC(=NCc1ccc(C)cc1OCCOC)NCCC(=O)NC(C)C.I. The van der Waals surface area contributed by atoms with E-state index in [0.717, 1.165) is 23.4 Å². The van der Waals surface area contributed by atoms with Crippen molar-refractivity contribution in [3.63, 3.8) is 0 Å². The van der Waals surface area contributed by atoms with Crippen LogP contribution < -0.4 is 20.7 Å². The molecule has 0 aliphatic heterocycles. The Balaban J connectivity index is 0.00000729.